The van der Waals surface area contributed by atoms with Gasteiger partial charge in [-0.1, -0.05) is 13.8 Å². The molecule has 0 aromatic carbocycles. The van der Waals surface area contributed by atoms with Gasteiger partial charge in [0, 0.05) is 13.1 Å². The summed E-state index contributed by atoms with van der Waals surface area (Å²) in [7, 11) is 0. The topological polar surface area (TPSA) is 86.8 Å². The number of hydrogen-bond donors (Lipinski definition) is 1. The summed E-state index contributed by atoms with van der Waals surface area (Å²) in [5.74, 6) is -1.46. The Bertz CT molecular complexity index is 453. The van der Waals surface area contributed by atoms with Crippen molar-refractivity contribution in [1.82, 2.24) is 15.1 Å². The number of nitrogens with one attached hydrogen (secondary N) is 1. The molecule has 0 aromatic heterocycles. The maximum Gasteiger partial charge on any atom is 0.331 e. The minimum atomic E-state index is -1.25. The van der Waals surface area contributed by atoms with E-state index in [9.17, 15) is 19.2 Å². The van der Waals surface area contributed by atoms with Crippen LogP contribution in [0.3, 0.4) is 0 Å². The Morgan fingerprint density at radius 2 is 1.62 bits per heavy atom. The van der Waals surface area contributed by atoms with Crippen molar-refractivity contribution in [3.63, 3.8) is 0 Å². The third-order valence-electron chi connectivity index (χ3n) is 4.17. The van der Waals surface area contributed by atoms with Gasteiger partial charge in [-0.2, -0.15) is 0 Å². The molecular formula is C14H23N3O4. The fourth-order valence-corrected chi connectivity index (χ4v) is 2.56. The Kier molecular flexibility index (Phi) is 5.46. The number of hydrogen-bond acceptors (Lipinski definition) is 4. The molecule has 7 heteroatoms. The van der Waals surface area contributed by atoms with E-state index in [2.05, 4.69) is 5.32 Å². The predicted molar refractivity (Wildman–Crippen MR) is 76.2 cm³/mol. The highest BCUT2D eigenvalue weighted by atomic mass is 16.2. The molecule has 0 radical (unpaired) electrons. The molecule has 5 amide bonds. The lowest BCUT2D eigenvalue weighted by Gasteiger charge is -2.38. The number of rotatable bonds is 6. The molecule has 0 atom stereocenters. The van der Waals surface area contributed by atoms with Crippen LogP contribution in [0.25, 0.3) is 0 Å². The third kappa shape index (κ3) is 2.91. The number of likely N-dealkylation sites (N-methyl/N-ethyl adjacent to an activating group) is 1. The van der Waals surface area contributed by atoms with Crippen molar-refractivity contribution in [3.05, 3.63) is 0 Å². The van der Waals surface area contributed by atoms with Gasteiger partial charge in [-0.25, -0.2) is 4.79 Å². The Labute approximate surface area is 124 Å². The van der Waals surface area contributed by atoms with Crippen molar-refractivity contribution in [2.45, 2.75) is 40.5 Å². The number of barbiturate groups is 1. The van der Waals surface area contributed by atoms with Crippen LogP contribution in [-0.2, 0) is 14.4 Å². The number of carbonyl (C=O) groups excluding carboxylic acids is 4. The van der Waals surface area contributed by atoms with Crippen LogP contribution in [-0.4, -0.2) is 53.2 Å². The molecule has 1 saturated heterocycles. The first-order valence-corrected chi connectivity index (χ1v) is 7.33. The normalized spacial score (nSPS) is 17.7. The van der Waals surface area contributed by atoms with Crippen LogP contribution in [0.15, 0.2) is 0 Å². The van der Waals surface area contributed by atoms with E-state index in [1.54, 1.807) is 13.8 Å². The monoisotopic (exact) mass is 297 g/mol. The average molecular weight is 297 g/mol. The van der Waals surface area contributed by atoms with Crippen LogP contribution in [0, 0.1) is 5.41 Å². The lowest BCUT2D eigenvalue weighted by molar-refractivity contribution is -0.154. The standard InChI is InChI=1S/C14H23N3O4/c1-5-14(6-2)11(19)15-13(21)17(12(14)20)9-10(18)16(7-3)8-4/h5-9H2,1-4H3,(H,15,19,21). The van der Waals surface area contributed by atoms with Gasteiger partial charge in [0.1, 0.15) is 12.0 Å². The van der Waals surface area contributed by atoms with Crippen LogP contribution in [0.2, 0.25) is 0 Å². The zero-order valence-electron chi connectivity index (χ0n) is 13.1. The molecule has 1 aliphatic heterocycles. The maximum absolute atomic E-state index is 12.5. The zero-order chi connectivity index (χ0) is 16.2. The van der Waals surface area contributed by atoms with Crippen molar-refractivity contribution in [2.24, 2.45) is 5.41 Å². The molecule has 7 nitrogen and oxygen atoms in total. The maximum atomic E-state index is 12.5. The second kappa shape index (κ2) is 6.69. The van der Waals surface area contributed by atoms with Gasteiger partial charge in [0.2, 0.25) is 17.7 Å². The van der Waals surface area contributed by atoms with Gasteiger partial charge < -0.3 is 4.90 Å². The summed E-state index contributed by atoms with van der Waals surface area (Å²) in [6.45, 7) is 7.77. The molecule has 1 rings (SSSR count). The van der Waals surface area contributed by atoms with Gasteiger partial charge in [0.15, 0.2) is 0 Å². The summed E-state index contributed by atoms with van der Waals surface area (Å²) in [6.07, 6.45) is 0.578. The fourth-order valence-electron chi connectivity index (χ4n) is 2.56. The summed E-state index contributed by atoms with van der Waals surface area (Å²) in [6, 6.07) is -0.817. The number of nitrogens with zero attached hydrogens (tertiary/aromatic N) is 2. The molecule has 1 fully saturated rings. The quantitative estimate of drug-likeness (QED) is 0.733. The minimum absolute atomic E-state index is 0.289. The summed E-state index contributed by atoms with van der Waals surface area (Å²) in [4.78, 5) is 50.9. The van der Waals surface area contributed by atoms with Gasteiger partial charge in [0.05, 0.1) is 0 Å². The first-order valence-electron chi connectivity index (χ1n) is 7.33. The van der Waals surface area contributed by atoms with Gasteiger partial charge >= 0.3 is 6.03 Å². The van der Waals surface area contributed by atoms with E-state index >= 15 is 0 Å². The minimum Gasteiger partial charge on any atom is -0.342 e. The molecule has 1 aliphatic rings. The van der Waals surface area contributed by atoms with Crippen molar-refractivity contribution < 1.29 is 19.2 Å². The van der Waals surface area contributed by atoms with E-state index in [1.807, 2.05) is 13.8 Å². The Balaban J connectivity index is 3.01. The summed E-state index contributed by atoms with van der Waals surface area (Å²) in [5.41, 5.74) is -1.25. The van der Waals surface area contributed by atoms with E-state index in [4.69, 9.17) is 0 Å². The summed E-state index contributed by atoms with van der Waals surface area (Å²) >= 11 is 0. The molecule has 0 bridgehead atoms. The predicted octanol–water partition coefficient (Wildman–Crippen LogP) is 0.740. The largest absolute Gasteiger partial charge is 0.342 e. The van der Waals surface area contributed by atoms with E-state index in [0.29, 0.717) is 13.1 Å². The van der Waals surface area contributed by atoms with Crippen molar-refractivity contribution >= 4 is 23.8 Å². The molecular weight excluding hydrogens is 274 g/mol. The van der Waals surface area contributed by atoms with Gasteiger partial charge in [-0.3, -0.25) is 24.6 Å². The Morgan fingerprint density at radius 1 is 1.10 bits per heavy atom. The molecule has 0 saturated carbocycles. The smallest absolute Gasteiger partial charge is 0.331 e. The van der Waals surface area contributed by atoms with Crippen LogP contribution >= 0.6 is 0 Å². The highest BCUT2D eigenvalue weighted by molar-refractivity contribution is 6.19. The summed E-state index contributed by atoms with van der Waals surface area (Å²) < 4.78 is 0. The van der Waals surface area contributed by atoms with Gasteiger partial charge in [-0.15, -0.1) is 0 Å². The van der Waals surface area contributed by atoms with E-state index in [1.165, 1.54) is 4.90 Å². The number of amides is 5. The summed E-state index contributed by atoms with van der Waals surface area (Å²) in [5, 5.41) is 2.19. The fraction of sp³-hybridized carbons (Fsp3) is 0.714. The van der Waals surface area contributed by atoms with Gasteiger partial charge in [-0.05, 0) is 26.7 Å². The number of urea groups is 1. The SMILES string of the molecule is CCN(CC)C(=O)CN1C(=O)NC(=O)C(CC)(CC)C1=O. The van der Waals surface area contributed by atoms with Crippen molar-refractivity contribution in [2.75, 3.05) is 19.6 Å². The van der Waals surface area contributed by atoms with Crippen LogP contribution in [0.5, 0.6) is 0 Å². The molecule has 21 heavy (non-hydrogen) atoms. The molecule has 0 aromatic rings. The zero-order valence-corrected chi connectivity index (χ0v) is 13.1. The lowest BCUT2D eigenvalue weighted by Crippen LogP contribution is -2.64. The van der Waals surface area contributed by atoms with Crippen LogP contribution in [0.4, 0.5) is 4.79 Å². The van der Waals surface area contributed by atoms with Crippen LogP contribution in [0.1, 0.15) is 40.5 Å². The molecule has 118 valence electrons. The van der Waals surface area contributed by atoms with Gasteiger partial charge in [0.25, 0.3) is 0 Å². The van der Waals surface area contributed by atoms with E-state index in [-0.39, 0.29) is 25.3 Å². The second-order valence-electron chi connectivity index (χ2n) is 5.01. The van der Waals surface area contributed by atoms with Crippen molar-refractivity contribution in [1.29, 1.82) is 0 Å². The number of imide groups is 2. The molecule has 0 aliphatic carbocycles. The van der Waals surface area contributed by atoms with E-state index < -0.39 is 23.3 Å². The molecule has 0 spiro atoms. The molecule has 1 heterocycles. The molecule has 1 N–H and O–H groups in total. The Hall–Kier alpha value is -1.92. The molecule has 0 unspecified atom stereocenters. The third-order valence-corrected chi connectivity index (χ3v) is 4.17. The highest BCUT2D eigenvalue weighted by Gasteiger charge is 2.51. The number of carbonyl (C=O) groups is 4. The van der Waals surface area contributed by atoms with Crippen molar-refractivity contribution in [3.8, 4) is 0 Å². The first-order chi connectivity index (χ1) is 9.87. The highest BCUT2D eigenvalue weighted by Crippen LogP contribution is 2.32. The first kappa shape index (κ1) is 17.1. The lowest BCUT2D eigenvalue weighted by atomic mass is 9.78. The van der Waals surface area contributed by atoms with Crippen LogP contribution < -0.4 is 5.32 Å². The second-order valence-corrected chi connectivity index (χ2v) is 5.01. The Morgan fingerprint density at radius 3 is 2.05 bits per heavy atom. The van der Waals surface area contributed by atoms with E-state index in [0.717, 1.165) is 4.90 Å². The average Bonchev–Trinajstić information content (AvgIpc) is 2.46.